The van der Waals surface area contributed by atoms with Crippen LogP contribution in [-0.4, -0.2) is 0 Å². The van der Waals surface area contributed by atoms with Gasteiger partial charge in [-0.3, -0.25) is 0 Å². The molecule has 2 heteroatoms. The average molecular weight is 808 g/mol. The normalized spacial score (nSPS) is 14.1. The molecule has 2 aliphatic rings. The number of fused-ring (bicyclic) bond motifs is 7. The molecule has 0 saturated heterocycles. The molecule has 0 spiro atoms. The number of benzene rings is 9. The molecular weight excluding hydrogens is 763 g/mol. The Balaban J connectivity index is 1.00. The maximum atomic E-state index is 6.85. The molecule has 300 valence electrons. The van der Waals surface area contributed by atoms with Gasteiger partial charge in [0.1, 0.15) is 11.2 Å². The van der Waals surface area contributed by atoms with Crippen LogP contribution in [0.5, 0.6) is 0 Å². The molecule has 2 nitrogen and oxygen atoms in total. The lowest BCUT2D eigenvalue weighted by Crippen LogP contribution is -2.19. The first-order chi connectivity index (χ1) is 31.0. The minimum absolute atomic E-state index is 0.103. The number of hydrogen-bond donors (Lipinski definition) is 0. The van der Waals surface area contributed by atoms with Gasteiger partial charge in [-0.25, -0.2) is 0 Å². The molecule has 0 bridgehead atoms. The molecule has 2 aliphatic carbocycles. The van der Waals surface area contributed by atoms with E-state index in [1.165, 1.54) is 77.7 Å². The summed E-state index contributed by atoms with van der Waals surface area (Å²) in [6, 6.07) is 73.2. The number of furan rings is 1. The van der Waals surface area contributed by atoms with Crippen molar-refractivity contribution < 1.29 is 4.42 Å². The summed E-state index contributed by atoms with van der Waals surface area (Å²) in [5.74, 6) is 0. The molecule has 1 heterocycles. The molecule has 0 atom stereocenters. The van der Waals surface area contributed by atoms with E-state index in [1.54, 1.807) is 0 Å². The first kappa shape index (κ1) is 37.1. The van der Waals surface area contributed by atoms with Crippen LogP contribution in [0, 0.1) is 0 Å². The summed E-state index contributed by atoms with van der Waals surface area (Å²) in [6.07, 6.45) is 6.46. The molecule has 0 radical (unpaired) electrons. The first-order valence-electron chi connectivity index (χ1n) is 22.1. The zero-order chi connectivity index (χ0) is 42.1. The van der Waals surface area contributed by atoms with E-state index in [4.69, 9.17) is 4.42 Å². The zero-order valence-corrected chi connectivity index (χ0v) is 35.5. The van der Waals surface area contributed by atoms with E-state index < -0.39 is 0 Å². The molecule has 1 aromatic heterocycles. The summed E-state index contributed by atoms with van der Waals surface area (Å²) in [6.45, 7) is 4.74. The fourth-order valence-electron chi connectivity index (χ4n) is 10.5. The molecule has 0 fully saturated rings. The Kier molecular flexibility index (Phi) is 8.69. The third-order valence-electron chi connectivity index (χ3n) is 13.5. The Morgan fingerprint density at radius 1 is 0.460 bits per heavy atom. The summed E-state index contributed by atoms with van der Waals surface area (Å²) >= 11 is 0. The van der Waals surface area contributed by atoms with Crippen molar-refractivity contribution in [1.82, 2.24) is 0 Å². The lowest BCUT2D eigenvalue weighted by molar-refractivity contribution is 0.662. The highest BCUT2D eigenvalue weighted by molar-refractivity contribution is 6.13. The minimum atomic E-state index is -0.103. The second-order valence-electron chi connectivity index (χ2n) is 17.6. The summed E-state index contributed by atoms with van der Waals surface area (Å²) in [7, 11) is 0. The Hall–Kier alpha value is -7.68. The number of nitrogens with zero attached hydrogens (tertiary/aromatic N) is 1. The third kappa shape index (κ3) is 6.16. The van der Waals surface area contributed by atoms with E-state index in [1.807, 2.05) is 0 Å². The summed E-state index contributed by atoms with van der Waals surface area (Å²) in [5, 5.41) is 4.68. The van der Waals surface area contributed by atoms with E-state index in [0.717, 1.165) is 51.7 Å². The largest absolute Gasteiger partial charge is 0.455 e. The number of allylic oxidation sites excluding steroid dienone is 4. The lowest BCUT2D eigenvalue weighted by atomic mass is 9.79. The van der Waals surface area contributed by atoms with Gasteiger partial charge in [0.15, 0.2) is 0 Å². The topological polar surface area (TPSA) is 16.4 Å². The summed E-state index contributed by atoms with van der Waals surface area (Å²) < 4.78 is 6.85. The fraction of sp³-hybridized carbons (Fsp3) is 0.0820. The quantitative estimate of drug-likeness (QED) is 0.159. The third-order valence-corrected chi connectivity index (χ3v) is 13.5. The molecule has 0 N–H and O–H groups in total. The second-order valence-corrected chi connectivity index (χ2v) is 17.6. The van der Waals surface area contributed by atoms with Crippen LogP contribution in [-0.2, 0) is 5.41 Å². The van der Waals surface area contributed by atoms with E-state index >= 15 is 0 Å². The molecular formula is C61H45NO. The van der Waals surface area contributed by atoms with Crippen molar-refractivity contribution in [3.8, 4) is 44.5 Å². The van der Waals surface area contributed by atoms with Gasteiger partial charge in [-0.1, -0.05) is 184 Å². The standard InChI is InChI=1S/C61H45NO/c1-61(2)56-27-10-8-21-50(56)52-24-13-23-49(59(52)61)42-31-35-48(36-32-42)62(47-33-29-41(30-34-47)44-20-12-19-43(37-44)40-15-4-3-5-16-40)57-28-11-9-22-51(57)53-25-14-26-54-55-38-45-17-6-7-18-46(45)39-58(55)63-60(53)54/h3-10,12-27,29-39H,11,28H2,1-2H3. The van der Waals surface area contributed by atoms with Gasteiger partial charge in [0, 0.05) is 44.4 Å². The number of anilines is 2. The zero-order valence-electron chi connectivity index (χ0n) is 35.5. The maximum absolute atomic E-state index is 6.85. The summed E-state index contributed by atoms with van der Waals surface area (Å²) in [5.41, 5.74) is 20.3. The molecule has 10 aromatic rings. The Morgan fingerprint density at radius 2 is 1.05 bits per heavy atom. The maximum Gasteiger partial charge on any atom is 0.143 e. The van der Waals surface area contributed by atoms with Gasteiger partial charge in [-0.15, -0.1) is 0 Å². The molecule has 12 rings (SSSR count). The van der Waals surface area contributed by atoms with Gasteiger partial charge in [0.05, 0.1) is 0 Å². The monoisotopic (exact) mass is 807 g/mol. The van der Waals surface area contributed by atoms with Crippen molar-refractivity contribution in [3.63, 3.8) is 0 Å². The highest BCUT2D eigenvalue weighted by atomic mass is 16.3. The van der Waals surface area contributed by atoms with Gasteiger partial charge < -0.3 is 9.32 Å². The number of para-hydroxylation sites is 1. The van der Waals surface area contributed by atoms with Crippen LogP contribution in [0.3, 0.4) is 0 Å². The summed E-state index contributed by atoms with van der Waals surface area (Å²) in [4.78, 5) is 2.48. The van der Waals surface area contributed by atoms with Gasteiger partial charge in [0.2, 0.25) is 0 Å². The van der Waals surface area contributed by atoms with Crippen LogP contribution < -0.4 is 4.90 Å². The molecule has 0 amide bonds. The molecule has 0 unspecified atom stereocenters. The SMILES string of the molecule is CC1(C)c2ccccc2-c2cccc(-c3ccc(N(C4=C(c5cccc6c5oc5cc7ccccc7cc56)C=CCC4)c4ccc(-c5cccc(-c6ccccc6)c5)cc4)cc3)c21. The molecule has 9 aromatic carbocycles. The number of rotatable bonds is 7. The van der Waals surface area contributed by atoms with Gasteiger partial charge >= 0.3 is 0 Å². The van der Waals surface area contributed by atoms with Crippen molar-refractivity contribution in [2.45, 2.75) is 32.1 Å². The van der Waals surface area contributed by atoms with Crippen LogP contribution in [0.1, 0.15) is 43.4 Å². The highest BCUT2D eigenvalue weighted by Crippen LogP contribution is 2.52. The van der Waals surface area contributed by atoms with E-state index in [2.05, 4.69) is 231 Å². The molecule has 0 aliphatic heterocycles. The van der Waals surface area contributed by atoms with E-state index in [-0.39, 0.29) is 5.41 Å². The van der Waals surface area contributed by atoms with Crippen LogP contribution >= 0.6 is 0 Å². The Morgan fingerprint density at radius 3 is 1.83 bits per heavy atom. The first-order valence-corrected chi connectivity index (χ1v) is 22.1. The predicted molar refractivity (Wildman–Crippen MR) is 265 cm³/mol. The molecule has 63 heavy (non-hydrogen) atoms. The van der Waals surface area contributed by atoms with Crippen molar-refractivity contribution in [1.29, 1.82) is 0 Å². The van der Waals surface area contributed by atoms with Crippen LogP contribution in [0.4, 0.5) is 11.4 Å². The highest BCUT2D eigenvalue weighted by Gasteiger charge is 2.37. The van der Waals surface area contributed by atoms with Gasteiger partial charge in [-0.05, 0) is 122 Å². The van der Waals surface area contributed by atoms with Crippen LogP contribution in [0.25, 0.3) is 82.8 Å². The lowest BCUT2D eigenvalue weighted by Gasteiger charge is -2.32. The number of hydrogen-bond acceptors (Lipinski definition) is 2. The van der Waals surface area contributed by atoms with Crippen molar-refractivity contribution >= 4 is 49.7 Å². The smallest absolute Gasteiger partial charge is 0.143 e. The van der Waals surface area contributed by atoms with Crippen molar-refractivity contribution in [2.75, 3.05) is 4.90 Å². The molecule has 0 saturated carbocycles. The minimum Gasteiger partial charge on any atom is -0.455 e. The van der Waals surface area contributed by atoms with E-state index in [9.17, 15) is 0 Å². The van der Waals surface area contributed by atoms with Crippen LogP contribution in [0.2, 0.25) is 0 Å². The van der Waals surface area contributed by atoms with Crippen molar-refractivity contribution in [3.05, 3.63) is 235 Å². The fourth-order valence-corrected chi connectivity index (χ4v) is 10.5. The Labute approximate surface area is 368 Å². The van der Waals surface area contributed by atoms with Gasteiger partial charge in [-0.2, -0.15) is 0 Å². The Bertz CT molecular complexity index is 3460. The van der Waals surface area contributed by atoms with Crippen molar-refractivity contribution in [2.24, 2.45) is 0 Å². The van der Waals surface area contributed by atoms with Crippen LogP contribution in [0.15, 0.2) is 222 Å². The second kappa shape index (κ2) is 14.8. The van der Waals surface area contributed by atoms with Gasteiger partial charge in [0.25, 0.3) is 0 Å². The average Bonchev–Trinajstić information content (AvgIpc) is 3.83. The van der Waals surface area contributed by atoms with E-state index in [0.29, 0.717) is 0 Å². The predicted octanol–water partition coefficient (Wildman–Crippen LogP) is 16.9.